The standard InChI is InChI=1S/C10H8BrN3O4S/c11-7-5-6(1-2-9(7)19(12,16)17)13-10(15)8-3-4-18-14-8/h1-5H,(H,13,15)(H2,12,16,17). The summed E-state index contributed by atoms with van der Waals surface area (Å²) in [5.74, 6) is -0.469. The van der Waals surface area contributed by atoms with Gasteiger partial charge >= 0.3 is 0 Å². The number of anilines is 1. The van der Waals surface area contributed by atoms with E-state index in [2.05, 4.69) is 30.9 Å². The van der Waals surface area contributed by atoms with Gasteiger partial charge in [0, 0.05) is 16.2 Å². The predicted molar refractivity (Wildman–Crippen MR) is 70.0 cm³/mol. The van der Waals surface area contributed by atoms with E-state index in [0.717, 1.165) is 0 Å². The maximum absolute atomic E-state index is 11.7. The Bertz CT molecular complexity index is 712. The highest BCUT2D eigenvalue weighted by Crippen LogP contribution is 2.24. The minimum absolute atomic E-state index is 0.0630. The zero-order chi connectivity index (χ0) is 14.0. The number of carbonyl (C=O) groups excluding carboxylic acids is 1. The summed E-state index contributed by atoms with van der Waals surface area (Å²) in [6.07, 6.45) is 1.27. The first-order chi connectivity index (χ1) is 8.88. The molecular weight excluding hydrogens is 338 g/mol. The van der Waals surface area contributed by atoms with E-state index in [1.807, 2.05) is 0 Å². The molecule has 0 unspecified atom stereocenters. The first-order valence-electron chi connectivity index (χ1n) is 4.92. The van der Waals surface area contributed by atoms with Crippen LogP contribution in [0, 0.1) is 0 Å². The third-order valence-corrected chi connectivity index (χ3v) is 4.05. The maximum Gasteiger partial charge on any atom is 0.277 e. The molecule has 1 amide bonds. The molecule has 0 bridgehead atoms. The number of primary sulfonamides is 1. The molecule has 0 aliphatic heterocycles. The van der Waals surface area contributed by atoms with E-state index in [1.165, 1.54) is 30.5 Å². The van der Waals surface area contributed by atoms with Crippen molar-refractivity contribution in [2.75, 3.05) is 5.32 Å². The number of nitrogens with two attached hydrogens (primary N) is 1. The molecule has 1 aromatic carbocycles. The summed E-state index contributed by atoms with van der Waals surface area (Å²) in [5, 5.41) is 11.0. The highest BCUT2D eigenvalue weighted by molar-refractivity contribution is 9.10. The van der Waals surface area contributed by atoms with Crippen molar-refractivity contribution in [3.63, 3.8) is 0 Å². The normalized spacial score (nSPS) is 11.3. The molecule has 0 aliphatic carbocycles. The summed E-state index contributed by atoms with van der Waals surface area (Å²) in [6, 6.07) is 5.54. The minimum Gasteiger partial charge on any atom is -0.364 e. The van der Waals surface area contributed by atoms with Crippen LogP contribution in [0.25, 0.3) is 0 Å². The number of hydrogen-bond acceptors (Lipinski definition) is 5. The highest BCUT2D eigenvalue weighted by atomic mass is 79.9. The van der Waals surface area contributed by atoms with E-state index in [-0.39, 0.29) is 15.1 Å². The second-order valence-corrected chi connectivity index (χ2v) is 5.91. The fraction of sp³-hybridized carbons (Fsp3) is 0. The smallest absolute Gasteiger partial charge is 0.277 e. The van der Waals surface area contributed by atoms with Gasteiger partial charge in [-0.2, -0.15) is 0 Å². The molecule has 7 nitrogen and oxygen atoms in total. The lowest BCUT2D eigenvalue weighted by Crippen LogP contribution is -2.14. The van der Waals surface area contributed by atoms with Crippen molar-refractivity contribution in [2.45, 2.75) is 4.90 Å². The van der Waals surface area contributed by atoms with Gasteiger partial charge in [0.1, 0.15) is 6.26 Å². The lowest BCUT2D eigenvalue weighted by Gasteiger charge is -2.06. The molecule has 0 saturated carbocycles. The van der Waals surface area contributed by atoms with Gasteiger partial charge in [0.05, 0.1) is 4.90 Å². The molecule has 0 aliphatic rings. The van der Waals surface area contributed by atoms with E-state index >= 15 is 0 Å². The van der Waals surface area contributed by atoms with Crippen molar-refractivity contribution in [2.24, 2.45) is 5.14 Å². The summed E-state index contributed by atoms with van der Waals surface area (Å²) < 4.78 is 27.2. The number of aromatic nitrogens is 1. The van der Waals surface area contributed by atoms with E-state index in [9.17, 15) is 13.2 Å². The van der Waals surface area contributed by atoms with E-state index in [0.29, 0.717) is 5.69 Å². The molecule has 0 fully saturated rings. The Hall–Kier alpha value is -1.71. The average Bonchev–Trinajstić information content (AvgIpc) is 2.80. The van der Waals surface area contributed by atoms with Crippen molar-refractivity contribution in [3.05, 3.63) is 40.7 Å². The predicted octanol–water partition coefficient (Wildman–Crippen LogP) is 1.34. The van der Waals surface area contributed by atoms with Crippen molar-refractivity contribution >= 4 is 37.5 Å². The van der Waals surface area contributed by atoms with Crippen molar-refractivity contribution in [3.8, 4) is 0 Å². The summed E-state index contributed by atoms with van der Waals surface area (Å²) >= 11 is 3.08. The molecule has 100 valence electrons. The third kappa shape index (κ3) is 3.19. The highest BCUT2D eigenvalue weighted by Gasteiger charge is 2.14. The Labute approximate surface area is 116 Å². The second kappa shape index (κ2) is 5.11. The Kier molecular flexibility index (Phi) is 3.69. The molecule has 0 spiro atoms. The van der Waals surface area contributed by atoms with Gasteiger partial charge in [-0.25, -0.2) is 13.6 Å². The van der Waals surface area contributed by atoms with Gasteiger partial charge in [0.15, 0.2) is 5.69 Å². The number of sulfonamides is 1. The van der Waals surface area contributed by atoms with Gasteiger partial charge in [-0.05, 0) is 34.1 Å². The van der Waals surface area contributed by atoms with Gasteiger partial charge < -0.3 is 9.84 Å². The molecule has 9 heteroatoms. The number of nitrogens with zero attached hydrogens (tertiary/aromatic N) is 1. The van der Waals surface area contributed by atoms with Gasteiger partial charge in [0.25, 0.3) is 5.91 Å². The first kappa shape index (κ1) is 13.7. The van der Waals surface area contributed by atoms with Crippen LogP contribution in [0.4, 0.5) is 5.69 Å². The number of carbonyl (C=O) groups is 1. The Morgan fingerprint density at radius 1 is 1.37 bits per heavy atom. The van der Waals surface area contributed by atoms with Crippen LogP contribution in [0.5, 0.6) is 0 Å². The Balaban J connectivity index is 2.24. The van der Waals surface area contributed by atoms with E-state index < -0.39 is 15.9 Å². The van der Waals surface area contributed by atoms with Crippen LogP contribution in [-0.2, 0) is 10.0 Å². The third-order valence-electron chi connectivity index (χ3n) is 2.17. The van der Waals surface area contributed by atoms with E-state index in [4.69, 9.17) is 5.14 Å². The molecule has 1 heterocycles. The van der Waals surface area contributed by atoms with Crippen molar-refractivity contribution in [1.82, 2.24) is 5.16 Å². The summed E-state index contributed by atoms with van der Waals surface area (Å²) in [5.41, 5.74) is 0.513. The average molecular weight is 346 g/mol. The molecule has 0 atom stereocenters. The Morgan fingerprint density at radius 3 is 2.63 bits per heavy atom. The lowest BCUT2D eigenvalue weighted by atomic mass is 10.3. The number of amides is 1. The van der Waals surface area contributed by atoms with Crippen LogP contribution in [-0.4, -0.2) is 19.5 Å². The molecule has 3 N–H and O–H groups in total. The van der Waals surface area contributed by atoms with Gasteiger partial charge in [-0.1, -0.05) is 5.16 Å². The molecule has 0 saturated heterocycles. The lowest BCUT2D eigenvalue weighted by molar-refractivity contribution is 0.101. The van der Waals surface area contributed by atoms with Gasteiger partial charge in [-0.3, -0.25) is 4.79 Å². The monoisotopic (exact) mass is 345 g/mol. The van der Waals surface area contributed by atoms with Crippen molar-refractivity contribution in [1.29, 1.82) is 0 Å². The van der Waals surface area contributed by atoms with Crippen LogP contribution in [0.15, 0.2) is 44.4 Å². The number of nitrogens with one attached hydrogen (secondary N) is 1. The maximum atomic E-state index is 11.7. The minimum atomic E-state index is -3.81. The quantitative estimate of drug-likeness (QED) is 0.870. The Morgan fingerprint density at radius 2 is 2.11 bits per heavy atom. The summed E-state index contributed by atoms with van der Waals surface area (Å²) in [7, 11) is -3.81. The van der Waals surface area contributed by atoms with Crippen LogP contribution in [0.1, 0.15) is 10.5 Å². The number of rotatable bonds is 3. The number of halogens is 1. The van der Waals surface area contributed by atoms with E-state index in [1.54, 1.807) is 0 Å². The molecular formula is C10H8BrN3O4S. The van der Waals surface area contributed by atoms with Crippen LogP contribution < -0.4 is 10.5 Å². The zero-order valence-corrected chi connectivity index (χ0v) is 11.7. The topological polar surface area (TPSA) is 115 Å². The molecule has 2 aromatic rings. The first-order valence-corrected chi connectivity index (χ1v) is 7.26. The van der Waals surface area contributed by atoms with Crippen molar-refractivity contribution < 1.29 is 17.7 Å². The molecule has 0 radical (unpaired) electrons. The number of benzene rings is 1. The van der Waals surface area contributed by atoms with Crippen LogP contribution >= 0.6 is 15.9 Å². The molecule has 19 heavy (non-hydrogen) atoms. The molecule has 1 aromatic heterocycles. The molecule has 2 rings (SSSR count). The summed E-state index contributed by atoms with van der Waals surface area (Å²) in [6.45, 7) is 0. The fourth-order valence-corrected chi connectivity index (χ4v) is 2.98. The SMILES string of the molecule is NS(=O)(=O)c1ccc(NC(=O)c2ccon2)cc1Br. The van der Waals surface area contributed by atoms with Gasteiger partial charge in [0.2, 0.25) is 10.0 Å². The largest absolute Gasteiger partial charge is 0.364 e. The van der Waals surface area contributed by atoms with Crippen LogP contribution in [0.2, 0.25) is 0 Å². The second-order valence-electron chi connectivity index (χ2n) is 3.53. The fourth-order valence-electron chi connectivity index (χ4n) is 1.33. The van der Waals surface area contributed by atoms with Gasteiger partial charge in [-0.15, -0.1) is 0 Å². The zero-order valence-electron chi connectivity index (χ0n) is 9.33. The number of hydrogen-bond donors (Lipinski definition) is 2. The van der Waals surface area contributed by atoms with Crippen LogP contribution in [0.3, 0.4) is 0 Å². The summed E-state index contributed by atoms with van der Waals surface area (Å²) in [4.78, 5) is 11.6.